The summed E-state index contributed by atoms with van der Waals surface area (Å²) in [6.07, 6.45) is 5.46. The third kappa shape index (κ3) is 4.69. The maximum Gasteiger partial charge on any atom is 0.240 e. The minimum absolute atomic E-state index is 0.0199. The smallest absolute Gasteiger partial charge is 0.240 e. The Kier molecular flexibility index (Phi) is 6.68. The Bertz CT molecular complexity index is 559. The molecule has 2 atom stereocenters. The molecule has 1 fully saturated rings. The molecule has 1 aromatic rings. The van der Waals surface area contributed by atoms with Gasteiger partial charge in [0.1, 0.15) is 0 Å². The standard InChI is InChI=1S/C16H24ClNO3S/c17-11-3-4-13-7-9-15(10-8-13)22(20,21)18-16-6-2-1-5-14(16)12-19/h7-10,14,16,18-19H,1-6,11-12H2. The van der Waals surface area contributed by atoms with Crippen molar-refractivity contribution in [3.63, 3.8) is 0 Å². The maximum absolute atomic E-state index is 12.5. The molecule has 0 aromatic heterocycles. The molecule has 2 N–H and O–H groups in total. The van der Waals surface area contributed by atoms with Crippen molar-refractivity contribution in [1.29, 1.82) is 0 Å². The van der Waals surface area contributed by atoms with Crippen molar-refractivity contribution in [2.75, 3.05) is 12.5 Å². The van der Waals surface area contributed by atoms with Gasteiger partial charge in [0.05, 0.1) is 4.90 Å². The molecular formula is C16H24ClNO3S. The maximum atomic E-state index is 12.5. The van der Waals surface area contributed by atoms with Crippen LogP contribution >= 0.6 is 11.6 Å². The summed E-state index contributed by atoms with van der Waals surface area (Å²) in [4.78, 5) is 0.282. The summed E-state index contributed by atoms with van der Waals surface area (Å²) in [6, 6.07) is 6.79. The van der Waals surface area contributed by atoms with Gasteiger partial charge < -0.3 is 5.11 Å². The number of benzene rings is 1. The number of aliphatic hydroxyl groups excluding tert-OH is 1. The van der Waals surface area contributed by atoms with Crippen molar-refractivity contribution in [3.05, 3.63) is 29.8 Å². The highest BCUT2D eigenvalue weighted by Gasteiger charge is 2.28. The molecule has 0 saturated heterocycles. The number of sulfonamides is 1. The van der Waals surface area contributed by atoms with Crippen molar-refractivity contribution < 1.29 is 13.5 Å². The molecule has 0 amide bonds. The molecule has 6 heteroatoms. The highest BCUT2D eigenvalue weighted by molar-refractivity contribution is 7.89. The molecule has 0 radical (unpaired) electrons. The van der Waals surface area contributed by atoms with E-state index in [9.17, 15) is 13.5 Å². The molecule has 2 unspecified atom stereocenters. The highest BCUT2D eigenvalue weighted by atomic mass is 35.5. The molecule has 22 heavy (non-hydrogen) atoms. The fraction of sp³-hybridized carbons (Fsp3) is 0.625. The van der Waals surface area contributed by atoms with Gasteiger partial charge in [0.2, 0.25) is 10.0 Å². The molecule has 2 rings (SSSR count). The van der Waals surface area contributed by atoms with Crippen LogP contribution in [0.15, 0.2) is 29.2 Å². The van der Waals surface area contributed by atoms with Crippen LogP contribution < -0.4 is 4.72 Å². The lowest BCUT2D eigenvalue weighted by atomic mass is 9.86. The summed E-state index contributed by atoms with van der Waals surface area (Å²) < 4.78 is 27.7. The summed E-state index contributed by atoms with van der Waals surface area (Å²) >= 11 is 5.66. The van der Waals surface area contributed by atoms with E-state index in [4.69, 9.17) is 11.6 Å². The Morgan fingerprint density at radius 3 is 2.50 bits per heavy atom. The van der Waals surface area contributed by atoms with Crippen molar-refractivity contribution in [2.24, 2.45) is 5.92 Å². The Morgan fingerprint density at radius 2 is 1.86 bits per heavy atom. The predicted octanol–water partition coefficient (Wildman–Crippen LogP) is 2.69. The Hall–Kier alpha value is -0.620. The Balaban J connectivity index is 2.05. The summed E-state index contributed by atoms with van der Waals surface area (Å²) in [7, 11) is -3.53. The van der Waals surface area contributed by atoms with Gasteiger partial charge in [-0.15, -0.1) is 11.6 Å². The second kappa shape index (κ2) is 8.29. The average Bonchev–Trinajstić information content (AvgIpc) is 2.53. The Labute approximate surface area is 137 Å². The topological polar surface area (TPSA) is 66.4 Å². The molecule has 4 nitrogen and oxygen atoms in total. The average molecular weight is 346 g/mol. The van der Waals surface area contributed by atoms with Gasteiger partial charge >= 0.3 is 0 Å². The molecule has 1 saturated carbocycles. The molecular weight excluding hydrogens is 322 g/mol. The number of rotatable bonds is 7. The Morgan fingerprint density at radius 1 is 1.18 bits per heavy atom. The second-order valence-corrected chi connectivity index (χ2v) is 7.98. The zero-order valence-corrected chi connectivity index (χ0v) is 14.2. The SMILES string of the molecule is O=S(=O)(NC1CCCCC1CO)c1ccc(CCCCl)cc1. The van der Waals surface area contributed by atoms with Crippen LogP contribution in [0.3, 0.4) is 0 Å². The van der Waals surface area contributed by atoms with E-state index in [1.165, 1.54) is 0 Å². The predicted molar refractivity (Wildman–Crippen MR) is 88.6 cm³/mol. The third-order valence-corrected chi connectivity index (χ3v) is 6.06. The molecule has 0 spiro atoms. The minimum atomic E-state index is -3.53. The first-order valence-corrected chi connectivity index (χ1v) is 9.86. The number of hydrogen-bond acceptors (Lipinski definition) is 3. The molecule has 0 aliphatic heterocycles. The molecule has 0 heterocycles. The summed E-state index contributed by atoms with van der Waals surface area (Å²) in [6.45, 7) is 0.0323. The van der Waals surface area contributed by atoms with Crippen LogP contribution in [0, 0.1) is 5.92 Å². The van der Waals surface area contributed by atoms with Gasteiger partial charge in [-0.25, -0.2) is 13.1 Å². The van der Waals surface area contributed by atoms with Crippen LogP contribution in [0.5, 0.6) is 0 Å². The van der Waals surface area contributed by atoms with Crippen molar-refractivity contribution >= 4 is 21.6 Å². The van der Waals surface area contributed by atoms with E-state index in [-0.39, 0.29) is 23.5 Å². The van der Waals surface area contributed by atoms with Gasteiger partial charge in [-0.1, -0.05) is 25.0 Å². The first-order valence-electron chi connectivity index (χ1n) is 7.85. The first kappa shape index (κ1) is 17.7. The van der Waals surface area contributed by atoms with Crippen LogP contribution in [0.1, 0.15) is 37.7 Å². The lowest BCUT2D eigenvalue weighted by Gasteiger charge is -2.30. The molecule has 1 aliphatic rings. The normalized spacial score (nSPS) is 22.6. The number of aliphatic hydroxyl groups is 1. The fourth-order valence-electron chi connectivity index (χ4n) is 2.95. The molecule has 0 bridgehead atoms. The highest BCUT2D eigenvalue weighted by Crippen LogP contribution is 2.25. The van der Waals surface area contributed by atoms with E-state index in [0.29, 0.717) is 5.88 Å². The number of halogens is 1. The first-order chi connectivity index (χ1) is 10.6. The quantitative estimate of drug-likeness (QED) is 0.747. The van der Waals surface area contributed by atoms with E-state index < -0.39 is 10.0 Å². The largest absolute Gasteiger partial charge is 0.396 e. The van der Waals surface area contributed by atoms with Gasteiger partial charge in [0, 0.05) is 18.5 Å². The van der Waals surface area contributed by atoms with Crippen molar-refractivity contribution in [1.82, 2.24) is 4.72 Å². The van der Waals surface area contributed by atoms with Gasteiger partial charge in [-0.2, -0.15) is 0 Å². The summed E-state index contributed by atoms with van der Waals surface area (Å²) in [5.41, 5.74) is 1.09. The van der Waals surface area contributed by atoms with Gasteiger partial charge in [0.15, 0.2) is 0 Å². The van der Waals surface area contributed by atoms with E-state index >= 15 is 0 Å². The van der Waals surface area contributed by atoms with E-state index in [1.807, 2.05) is 12.1 Å². The number of nitrogens with one attached hydrogen (secondary N) is 1. The van der Waals surface area contributed by atoms with Crippen LogP contribution in [0.25, 0.3) is 0 Å². The molecule has 1 aromatic carbocycles. The lowest BCUT2D eigenvalue weighted by Crippen LogP contribution is -2.43. The minimum Gasteiger partial charge on any atom is -0.396 e. The molecule has 124 valence electrons. The van der Waals surface area contributed by atoms with Gasteiger partial charge in [0.25, 0.3) is 0 Å². The van der Waals surface area contributed by atoms with Crippen LogP contribution in [0.2, 0.25) is 0 Å². The van der Waals surface area contributed by atoms with Crippen LogP contribution in [0.4, 0.5) is 0 Å². The number of aryl methyl sites for hydroxylation is 1. The van der Waals surface area contributed by atoms with Crippen LogP contribution in [-0.2, 0) is 16.4 Å². The van der Waals surface area contributed by atoms with E-state index in [2.05, 4.69) is 4.72 Å². The zero-order chi connectivity index (χ0) is 16.0. The summed E-state index contributed by atoms with van der Waals surface area (Å²) in [5.74, 6) is 0.623. The van der Waals surface area contributed by atoms with E-state index in [0.717, 1.165) is 44.1 Å². The van der Waals surface area contributed by atoms with Crippen molar-refractivity contribution in [3.8, 4) is 0 Å². The van der Waals surface area contributed by atoms with E-state index in [1.54, 1.807) is 12.1 Å². The molecule has 1 aliphatic carbocycles. The number of alkyl halides is 1. The monoisotopic (exact) mass is 345 g/mol. The van der Waals surface area contributed by atoms with Gasteiger partial charge in [-0.3, -0.25) is 0 Å². The summed E-state index contributed by atoms with van der Waals surface area (Å²) in [5, 5.41) is 9.40. The third-order valence-electron chi connectivity index (χ3n) is 4.28. The zero-order valence-electron chi connectivity index (χ0n) is 12.7. The van der Waals surface area contributed by atoms with Gasteiger partial charge in [-0.05, 0) is 49.3 Å². The van der Waals surface area contributed by atoms with Crippen molar-refractivity contribution in [2.45, 2.75) is 49.5 Å². The second-order valence-electron chi connectivity index (χ2n) is 5.89. The fourth-order valence-corrected chi connectivity index (χ4v) is 4.43. The lowest BCUT2D eigenvalue weighted by molar-refractivity contribution is 0.164. The number of hydrogen-bond donors (Lipinski definition) is 2. The van der Waals surface area contributed by atoms with Crippen LogP contribution in [-0.4, -0.2) is 32.1 Å².